The highest BCUT2D eigenvalue weighted by molar-refractivity contribution is 5.75. The van der Waals surface area contributed by atoms with Gasteiger partial charge in [-0.15, -0.1) is 0 Å². The number of fused-ring (bicyclic) bond motifs is 2. The Bertz CT molecular complexity index is 705. The van der Waals surface area contributed by atoms with Gasteiger partial charge >= 0.3 is 12.1 Å². The molecule has 1 aromatic rings. The van der Waals surface area contributed by atoms with Crippen LogP contribution < -0.4 is 5.32 Å². The molecule has 0 aromatic heterocycles. The number of amides is 3. The van der Waals surface area contributed by atoms with Crippen LogP contribution in [-0.2, 0) is 17.8 Å². The maximum atomic E-state index is 12.4. The molecule has 3 atom stereocenters. The molecule has 1 aromatic carbocycles. The third-order valence-corrected chi connectivity index (χ3v) is 5.90. The molecule has 1 N–H and O–H groups in total. The van der Waals surface area contributed by atoms with Gasteiger partial charge in [0, 0.05) is 32.7 Å². The largest absolute Gasteiger partial charge is 0.444 e. The maximum Gasteiger partial charge on any atom is 0.410 e. The monoisotopic (exact) mass is 371 g/mol. The van der Waals surface area contributed by atoms with Crippen LogP contribution in [0.1, 0.15) is 38.3 Å². The van der Waals surface area contributed by atoms with E-state index in [1.165, 1.54) is 11.1 Å². The molecular formula is C21H29N3O3. The number of nitrogens with one attached hydrogen (secondary N) is 1. The molecule has 1 aliphatic carbocycles. The summed E-state index contributed by atoms with van der Waals surface area (Å²) in [4.78, 5) is 28.2. The summed E-state index contributed by atoms with van der Waals surface area (Å²) < 4.78 is 5.45. The predicted octanol–water partition coefficient (Wildman–Crippen LogP) is 3.21. The van der Waals surface area contributed by atoms with Crippen LogP contribution in [0, 0.1) is 17.8 Å². The van der Waals surface area contributed by atoms with E-state index in [1.54, 1.807) is 0 Å². The van der Waals surface area contributed by atoms with E-state index in [9.17, 15) is 9.59 Å². The zero-order valence-corrected chi connectivity index (χ0v) is 16.4. The number of hydrogen-bond donors (Lipinski definition) is 1. The van der Waals surface area contributed by atoms with E-state index in [1.807, 2.05) is 42.7 Å². The quantitative estimate of drug-likeness (QED) is 0.887. The summed E-state index contributed by atoms with van der Waals surface area (Å²) in [6, 6.07) is 8.24. The first-order valence-corrected chi connectivity index (χ1v) is 9.89. The Labute approximate surface area is 160 Å². The fourth-order valence-electron chi connectivity index (χ4n) is 4.49. The van der Waals surface area contributed by atoms with E-state index in [4.69, 9.17) is 4.74 Å². The molecule has 2 aliphatic heterocycles. The van der Waals surface area contributed by atoms with Crippen molar-refractivity contribution < 1.29 is 14.3 Å². The molecule has 0 spiro atoms. The van der Waals surface area contributed by atoms with Crippen LogP contribution >= 0.6 is 0 Å². The molecule has 1 saturated carbocycles. The van der Waals surface area contributed by atoms with Crippen molar-refractivity contribution in [2.45, 2.75) is 45.9 Å². The van der Waals surface area contributed by atoms with Crippen molar-refractivity contribution in [1.29, 1.82) is 0 Å². The minimum atomic E-state index is -0.442. The van der Waals surface area contributed by atoms with E-state index in [-0.39, 0.29) is 12.1 Å². The highest BCUT2D eigenvalue weighted by Gasteiger charge is 2.56. The van der Waals surface area contributed by atoms with Gasteiger partial charge in [-0.1, -0.05) is 24.3 Å². The van der Waals surface area contributed by atoms with Crippen LogP contribution in [0.2, 0.25) is 0 Å². The van der Waals surface area contributed by atoms with Crippen LogP contribution in [0.4, 0.5) is 9.59 Å². The Hall–Kier alpha value is -2.24. The number of hydrogen-bond acceptors (Lipinski definition) is 3. The minimum absolute atomic E-state index is 0.0207. The number of carbonyl (C=O) groups excluding carboxylic acids is 2. The number of nitrogens with zero attached hydrogens (tertiary/aromatic N) is 2. The summed E-state index contributed by atoms with van der Waals surface area (Å²) in [6.07, 6.45) is 0.791. The predicted molar refractivity (Wildman–Crippen MR) is 102 cm³/mol. The summed E-state index contributed by atoms with van der Waals surface area (Å²) in [7, 11) is 0. The molecule has 6 nitrogen and oxygen atoms in total. The molecule has 0 bridgehead atoms. The topological polar surface area (TPSA) is 61.9 Å². The molecular weight excluding hydrogens is 342 g/mol. The fraction of sp³-hybridized carbons (Fsp3) is 0.619. The Morgan fingerprint density at radius 1 is 1.07 bits per heavy atom. The van der Waals surface area contributed by atoms with Crippen molar-refractivity contribution in [2.24, 2.45) is 17.8 Å². The molecule has 0 radical (unpaired) electrons. The average molecular weight is 371 g/mol. The van der Waals surface area contributed by atoms with Crippen molar-refractivity contribution in [1.82, 2.24) is 15.1 Å². The molecule has 4 rings (SSSR count). The summed E-state index contributed by atoms with van der Waals surface area (Å²) >= 11 is 0. The van der Waals surface area contributed by atoms with Crippen LogP contribution in [-0.4, -0.2) is 47.2 Å². The SMILES string of the molecule is CC(C)(C)OC(=O)N1C[C@@H]2[C@@H](CCNC(=O)N3Cc4ccccc4C3)[C@@H]2C1. The van der Waals surface area contributed by atoms with Gasteiger partial charge in [-0.05, 0) is 56.1 Å². The number of likely N-dealkylation sites (tertiary alicyclic amines) is 1. The van der Waals surface area contributed by atoms with Gasteiger partial charge in [0.1, 0.15) is 5.60 Å². The van der Waals surface area contributed by atoms with Crippen molar-refractivity contribution in [2.75, 3.05) is 19.6 Å². The van der Waals surface area contributed by atoms with Gasteiger partial charge < -0.3 is 19.9 Å². The van der Waals surface area contributed by atoms with E-state index >= 15 is 0 Å². The lowest BCUT2D eigenvalue weighted by atomic mass is 10.1. The van der Waals surface area contributed by atoms with Crippen molar-refractivity contribution >= 4 is 12.1 Å². The smallest absolute Gasteiger partial charge is 0.410 e. The van der Waals surface area contributed by atoms with Crippen LogP contribution in [0.5, 0.6) is 0 Å². The molecule has 27 heavy (non-hydrogen) atoms. The number of ether oxygens (including phenoxy) is 1. The van der Waals surface area contributed by atoms with Gasteiger partial charge in [0.25, 0.3) is 0 Å². The van der Waals surface area contributed by atoms with Crippen LogP contribution in [0.3, 0.4) is 0 Å². The Morgan fingerprint density at radius 3 is 2.22 bits per heavy atom. The minimum Gasteiger partial charge on any atom is -0.444 e. The van der Waals surface area contributed by atoms with Crippen LogP contribution in [0.25, 0.3) is 0 Å². The molecule has 146 valence electrons. The van der Waals surface area contributed by atoms with Crippen molar-refractivity contribution in [3.63, 3.8) is 0 Å². The van der Waals surface area contributed by atoms with E-state index < -0.39 is 5.60 Å². The molecule has 1 saturated heterocycles. The Kier molecular flexibility index (Phi) is 4.52. The number of benzene rings is 1. The lowest BCUT2D eigenvalue weighted by molar-refractivity contribution is 0.0265. The van der Waals surface area contributed by atoms with Gasteiger partial charge in [-0.25, -0.2) is 9.59 Å². The number of piperidine rings is 1. The van der Waals surface area contributed by atoms with Gasteiger partial charge in [0.2, 0.25) is 0 Å². The average Bonchev–Trinajstić information content (AvgIpc) is 3.00. The molecule has 2 heterocycles. The summed E-state index contributed by atoms with van der Waals surface area (Å²) in [5.74, 6) is 1.77. The second kappa shape index (κ2) is 6.73. The Balaban J connectivity index is 1.16. The summed E-state index contributed by atoms with van der Waals surface area (Å²) in [5, 5.41) is 3.07. The lowest BCUT2D eigenvalue weighted by Crippen LogP contribution is -2.38. The maximum absolute atomic E-state index is 12.4. The first kappa shape index (κ1) is 18.1. The van der Waals surface area contributed by atoms with Crippen molar-refractivity contribution in [3.8, 4) is 0 Å². The normalized spacial score (nSPS) is 25.8. The number of urea groups is 1. The molecule has 3 aliphatic rings. The first-order valence-electron chi connectivity index (χ1n) is 9.89. The van der Waals surface area contributed by atoms with Gasteiger partial charge in [0.05, 0.1) is 0 Å². The third kappa shape index (κ3) is 3.89. The summed E-state index contributed by atoms with van der Waals surface area (Å²) in [5.41, 5.74) is 2.04. The van der Waals surface area contributed by atoms with E-state index in [0.29, 0.717) is 37.4 Å². The number of carbonyl (C=O) groups is 2. The first-order chi connectivity index (χ1) is 12.8. The van der Waals surface area contributed by atoms with Gasteiger partial charge in [-0.2, -0.15) is 0 Å². The second-order valence-electron chi connectivity index (χ2n) is 9.02. The number of rotatable bonds is 3. The molecule has 6 heteroatoms. The fourth-order valence-corrected chi connectivity index (χ4v) is 4.49. The third-order valence-electron chi connectivity index (χ3n) is 5.90. The van der Waals surface area contributed by atoms with Gasteiger partial charge in [0.15, 0.2) is 0 Å². The van der Waals surface area contributed by atoms with Crippen molar-refractivity contribution in [3.05, 3.63) is 35.4 Å². The molecule has 2 fully saturated rings. The standard InChI is InChI=1S/C21H29N3O3/c1-21(2,3)27-20(26)24-12-17-16(18(17)13-24)8-9-22-19(25)23-10-14-6-4-5-7-15(14)11-23/h4-7,16-18H,8-13H2,1-3H3,(H,22,25)/t16-,17-,18+. The highest BCUT2D eigenvalue weighted by Crippen LogP contribution is 2.53. The highest BCUT2D eigenvalue weighted by atomic mass is 16.6. The van der Waals surface area contributed by atoms with Gasteiger partial charge in [-0.3, -0.25) is 0 Å². The van der Waals surface area contributed by atoms with E-state index in [0.717, 1.165) is 19.5 Å². The molecule has 3 amide bonds. The summed E-state index contributed by atoms with van der Waals surface area (Å²) in [6.45, 7) is 9.36. The van der Waals surface area contributed by atoms with Crippen LogP contribution in [0.15, 0.2) is 24.3 Å². The molecule has 0 unspecified atom stereocenters. The second-order valence-corrected chi connectivity index (χ2v) is 9.02. The Morgan fingerprint density at radius 2 is 1.67 bits per heavy atom. The van der Waals surface area contributed by atoms with E-state index in [2.05, 4.69) is 17.4 Å². The zero-order chi connectivity index (χ0) is 19.2. The zero-order valence-electron chi connectivity index (χ0n) is 16.4. The lowest BCUT2D eigenvalue weighted by Gasteiger charge is -2.26.